The van der Waals surface area contributed by atoms with E-state index in [4.69, 9.17) is 9.84 Å². The molecule has 35 heavy (non-hydrogen) atoms. The highest BCUT2D eigenvalue weighted by molar-refractivity contribution is 5.86. The summed E-state index contributed by atoms with van der Waals surface area (Å²) < 4.78 is 42.2. The van der Waals surface area contributed by atoms with Crippen molar-refractivity contribution in [1.29, 1.82) is 0 Å². The van der Waals surface area contributed by atoms with Crippen LogP contribution in [-0.4, -0.2) is 48.3 Å². The molecule has 0 bridgehead atoms. The van der Waals surface area contributed by atoms with Gasteiger partial charge < -0.3 is 24.0 Å². The van der Waals surface area contributed by atoms with Crippen molar-refractivity contribution < 1.29 is 28.2 Å². The normalized spacial score (nSPS) is 17.9. The minimum absolute atomic E-state index is 0.0446. The van der Waals surface area contributed by atoms with Gasteiger partial charge in [-0.05, 0) is 55.2 Å². The van der Waals surface area contributed by atoms with Crippen molar-refractivity contribution in [3.63, 3.8) is 0 Å². The van der Waals surface area contributed by atoms with Crippen LogP contribution in [0.1, 0.15) is 30.9 Å². The second-order valence-corrected chi connectivity index (χ2v) is 8.69. The molecular weight excluding hydrogens is 460 g/mol. The number of benzene rings is 2. The lowest BCUT2D eigenvalue weighted by Gasteiger charge is -2.22. The van der Waals surface area contributed by atoms with E-state index in [1.54, 1.807) is 18.2 Å². The van der Waals surface area contributed by atoms with Crippen LogP contribution < -0.4 is 19.8 Å². The minimum atomic E-state index is -1.67. The van der Waals surface area contributed by atoms with E-state index in [0.717, 1.165) is 30.2 Å². The molecule has 2 fully saturated rings. The van der Waals surface area contributed by atoms with Gasteiger partial charge in [0.25, 0.3) is 0 Å². The molecule has 2 heterocycles. The zero-order chi connectivity index (χ0) is 24.7. The Morgan fingerprint density at radius 1 is 1.20 bits per heavy atom. The number of hydrogen-bond donors (Lipinski definition) is 1. The fraction of sp³-hybridized carbons (Fsp3) is 0.320. The Labute approximate surface area is 199 Å². The predicted octanol–water partition coefficient (Wildman–Crippen LogP) is 4.38. The molecule has 1 aromatic heterocycles. The van der Waals surface area contributed by atoms with Crippen molar-refractivity contribution in [2.75, 3.05) is 25.1 Å². The summed E-state index contributed by atoms with van der Waals surface area (Å²) in [4.78, 5) is 29.9. The van der Waals surface area contributed by atoms with Crippen LogP contribution >= 0.6 is 0 Å². The molecule has 0 spiro atoms. The Bertz CT molecular complexity index is 1380. The average Bonchev–Trinajstić information content (AvgIpc) is 3.58. The van der Waals surface area contributed by atoms with Crippen LogP contribution in [0.3, 0.4) is 0 Å². The standard InChI is InChI=1S/C25H23F2N3O5/c1-34-17-6-2-14(3-7-17)11-28-15-8-9-29(12-15)23-19(26)10-18-22(21(23)27)30(16-4-5-16)13-20(24(18)31)35-25(32)33/h2-3,6-7,10-11,13,15-16H,4-5,8-9,12H2,1H3,(H,32,33). The third kappa shape index (κ3) is 4.43. The Morgan fingerprint density at radius 2 is 1.94 bits per heavy atom. The summed E-state index contributed by atoms with van der Waals surface area (Å²) in [5.41, 5.74) is -0.232. The number of carboxylic acid groups (broad SMARTS) is 1. The van der Waals surface area contributed by atoms with Crippen LogP contribution in [0.25, 0.3) is 10.9 Å². The number of nitrogens with zero attached hydrogens (tertiary/aromatic N) is 3. The smallest absolute Gasteiger partial charge is 0.497 e. The van der Waals surface area contributed by atoms with E-state index in [2.05, 4.69) is 9.73 Å². The fourth-order valence-corrected chi connectivity index (χ4v) is 4.45. The number of carbonyl (C=O) groups is 1. The first-order valence-electron chi connectivity index (χ1n) is 11.3. The average molecular weight is 483 g/mol. The first-order chi connectivity index (χ1) is 16.9. The van der Waals surface area contributed by atoms with E-state index in [1.807, 2.05) is 24.3 Å². The highest BCUT2D eigenvalue weighted by Crippen LogP contribution is 2.40. The van der Waals surface area contributed by atoms with E-state index >= 15 is 8.78 Å². The zero-order valence-electron chi connectivity index (χ0n) is 18.9. The molecule has 1 atom stereocenters. The largest absolute Gasteiger partial charge is 0.511 e. The fourth-order valence-electron chi connectivity index (χ4n) is 4.45. The maximum Gasteiger partial charge on any atom is 0.511 e. The number of aromatic nitrogens is 1. The molecule has 1 N–H and O–H groups in total. The predicted molar refractivity (Wildman–Crippen MR) is 126 cm³/mol. The van der Waals surface area contributed by atoms with E-state index in [0.29, 0.717) is 19.5 Å². The van der Waals surface area contributed by atoms with Gasteiger partial charge in [-0.2, -0.15) is 0 Å². The first-order valence-corrected chi connectivity index (χ1v) is 11.3. The van der Waals surface area contributed by atoms with Gasteiger partial charge in [-0.3, -0.25) is 9.79 Å². The zero-order valence-corrected chi connectivity index (χ0v) is 18.9. The number of ether oxygens (including phenoxy) is 2. The van der Waals surface area contributed by atoms with Crippen LogP contribution in [-0.2, 0) is 0 Å². The molecule has 0 amide bonds. The molecule has 8 nitrogen and oxygen atoms in total. The third-order valence-electron chi connectivity index (χ3n) is 6.32. The molecule has 5 rings (SSSR count). The summed E-state index contributed by atoms with van der Waals surface area (Å²) in [7, 11) is 1.59. The lowest BCUT2D eigenvalue weighted by Crippen LogP contribution is -2.24. The van der Waals surface area contributed by atoms with Gasteiger partial charge in [-0.1, -0.05) is 0 Å². The lowest BCUT2D eigenvalue weighted by atomic mass is 10.1. The number of hydrogen-bond acceptors (Lipinski definition) is 6. The molecule has 2 aliphatic rings. The number of rotatable bonds is 6. The summed E-state index contributed by atoms with van der Waals surface area (Å²) >= 11 is 0. The first kappa shape index (κ1) is 22.8. The number of anilines is 1. The summed E-state index contributed by atoms with van der Waals surface area (Å²) in [5.74, 6) is -1.47. The summed E-state index contributed by atoms with van der Waals surface area (Å²) in [5, 5.41) is 8.68. The van der Waals surface area contributed by atoms with Gasteiger partial charge in [0, 0.05) is 25.3 Å². The molecule has 1 saturated carbocycles. The van der Waals surface area contributed by atoms with Gasteiger partial charge in [0.2, 0.25) is 5.43 Å². The van der Waals surface area contributed by atoms with E-state index in [-0.39, 0.29) is 28.7 Å². The van der Waals surface area contributed by atoms with Gasteiger partial charge >= 0.3 is 6.16 Å². The molecule has 1 unspecified atom stereocenters. The molecule has 2 aromatic carbocycles. The summed E-state index contributed by atoms with van der Waals surface area (Å²) in [6.07, 6.45) is 3.36. The quantitative estimate of drug-likeness (QED) is 0.413. The lowest BCUT2D eigenvalue weighted by molar-refractivity contribution is 0.143. The van der Waals surface area contributed by atoms with E-state index in [9.17, 15) is 9.59 Å². The summed E-state index contributed by atoms with van der Waals surface area (Å²) in [6, 6.07) is 8.11. The van der Waals surface area contributed by atoms with Crippen molar-refractivity contribution in [2.24, 2.45) is 4.99 Å². The highest BCUT2D eigenvalue weighted by atomic mass is 19.1. The number of halogens is 2. The second-order valence-electron chi connectivity index (χ2n) is 8.69. The molecule has 0 radical (unpaired) electrons. The van der Waals surface area contributed by atoms with Crippen LogP contribution in [0, 0.1) is 11.6 Å². The molecular formula is C25H23F2N3O5. The Hall–Kier alpha value is -3.95. The third-order valence-corrected chi connectivity index (χ3v) is 6.32. The molecule has 1 aliphatic carbocycles. The van der Waals surface area contributed by atoms with Gasteiger partial charge in [0.1, 0.15) is 17.3 Å². The van der Waals surface area contributed by atoms with Gasteiger partial charge in [-0.15, -0.1) is 0 Å². The highest BCUT2D eigenvalue weighted by Gasteiger charge is 2.32. The van der Waals surface area contributed by atoms with Crippen LogP contribution in [0.15, 0.2) is 46.3 Å². The Kier molecular flexibility index (Phi) is 5.88. The molecule has 182 valence electrons. The second kappa shape index (κ2) is 9.01. The molecule has 1 saturated heterocycles. The van der Waals surface area contributed by atoms with Crippen LogP contribution in [0.5, 0.6) is 11.5 Å². The monoisotopic (exact) mass is 483 g/mol. The van der Waals surface area contributed by atoms with Crippen molar-refractivity contribution in [3.05, 3.63) is 63.9 Å². The van der Waals surface area contributed by atoms with Gasteiger partial charge in [0.05, 0.1) is 30.3 Å². The van der Waals surface area contributed by atoms with Crippen LogP contribution in [0.4, 0.5) is 19.3 Å². The Morgan fingerprint density at radius 3 is 2.60 bits per heavy atom. The SMILES string of the molecule is COc1ccc(C=NC2CCN(c3c(F)cc4c(=O)c(OC(=O)O)cn(C5CC5)c4c3F)C2)cc1. The maximum atomic E-state index is 15.8. The Balaban J connectivity index is 1.46. The topological polar surface area (TPSA) is 93.4 Å². The molecule has 3 aromatic rings. The molecule has 10 heteroatoms. The van der Waals surface area contributed by atoms with E-state index < -0.39 is 29.0 Å². The van der Waals surface area contributed by atoms with E-state index in [1.165, 1.54) is 10.8 Å². The van der Waals surface area contributed by atoms with Crippen molar-refractivity contribution in [3.8, 4) is 11.5 Å². The summed E-state index contributed by atoms with van der Waals surface area (Å²) in [6.45, 7) is 0.720. The number of fused-ring (bicyclic) bond motifs is 1. The minimum Gasteiger partial charge on any atom is -0.497 e. The molecule has 1 aliphatic heterocycles. The number of pyridine rings is 1. The number of methoxy groups -OCH3 is 1. The van der Waals surface area contributed by atoms with Crippen LogP contribution in [0.2, 0.25) is 0 Å². The van der Waals surface area contributed by atoms with Crippen molar-refractivity contribution >= 4 is 29.0 Å². The van der Waals surface area contributed by atoms with Crippen molar-refractivity contribution in [1.82, 2.24) is 4.57 Å². The van der Waals surface area contributed by atoms with Gasteiger partial charge in [-0.25, -0.2) is 13.6 Å². The van der Waals surface area contributed by atoms with Gasteiger partial charge in [0.15, 0.2) is 11.6 Å². The van der Waals surface area contributed by atoms with Crippen molar-refractivity contribution in [2.45, 2.75) is 31.3 Å². The maximum absolute atomic E-state index is 15.8. The number of aliphatic imine (C=N–C) groups is 1.